The van der Waals surface area contributed by atoms with Crippen LogP contribution in [0.3, 0.4) is 0 Å². The van der Waals surface area contributed by atoms with E-state index in [9.17, 15) is 9.59 Å². The van der Waals surface area contributed by atoms with E-state index in [4.69, 9.17) is 0 Å². The van der Waals surface area contributed by atoms with E-state index in [-0.39, 0.29) is 36.5 Å². The van der Waals surface area contributed by atoms with Crippen LogP contribution in [-0.2, 0) is 11.3 Å². The molecule has 1 amide bonds. The number of nitrogens with one attached hydrogen (secondary N) is 1. The summed E-state index contributed by atoms with van der Waals surface area (Å²) < 4.78 is 2.95. The van der Waals surface area contributed by atoms with Gasteiger partial charge >= 0.3 is 5.69 Å². The topological polar surface area (TPSA) is 72.2 Å². The van der Waals surface area contributed by atoms with Crippen molar-refractivity contribution in [2.75, 3.05) is 26.7 Å². The Morgan fingerprint density at radius 2 is 2.08 bits per heavy atom. The van der Waals surface area contributed by atoms with Gasteiger partial charge in [-0.25, -0.2) is 14.0 Å². The van der Waals surface area contributed by atoms with Crippen LogP contribution in [0, 0.1) is 0 Å². The van der Waals surface area contributed by atoms with E-state index in [0.717, 1.165) is 37.4 Å². The third-order valence-electron chi connectivity index (χ3n) is 4.73. The maximum absolute atomic E-state index is 13.0. The van der Waals surface area contributed by atoms with Crippen molar-refractivity contribution in [3.8, 4) is 5.69 Å². The molecule has 0 radical (unpaired) electrons. The molecule has 2 aromatic rings. The first-order valence-electron chi connectivity index (χ1n) is 8.81. The normalized spacial score (nSPS) is 16.8. The van der Waals surface area contributed by atoms with Gasteiger partial charge in [-0.15, -0.1) is 12.4 Å². The third-order valence-corrected chi connectivity index (χ3v) is 4.73. The minimum absolute atomic E-state index is 0. The molecule has 3 rings (SSSR count). The van der Waals surface area contributed by atoms with Gasteiger partial charge in [-0.1, -0.05) is 18.2 Å². The number of piperidine rings is 1. The number of para-hydroxylation sites is 1. The number of hydrogen-bond acceptors (Lipinski definition) is 4. The Bertz CT molecular complexity index is 781. The van der Waals surface area contributed by atoms with Crippen molar-refractivity contribution in [1.29, 1.82) is 0 Å². The van der Waals surface area contributed by atoms with Crippen LogP contribution in [0.2, 0.25) is 0 Å². The first-order valence-corrected chi connectivity index (χ1v) is 8.81. The SMILES string of the molecule is CCN(C)C(=O)Cn1nc(C2CCCNC2)n(-c2ccccc2)c1=O.Cl. The fourth-order valence-corrected chi connectivity index (χ4v) is 3.11. The lowest BCUT2D eigenvalue weighted by Crippen LogP contribution is -2.34. The van der Waals surface area contributed by atoms with Gasteiger partial charge in [0.2, 0.25) is 5.91 Å². The Morgan fingerprint density at radius 3 is 2.69 bits per heavy atom. The lowest BCUT2D eigenvalue weighted by atomic mass is 9.99. The van der Waals surface area contributed by atoms with Crippen molar-refractivity contribution in [2.24, 2.45) is 0 Å². The molecule has 1 aliphatic heterocycles. The quantitative estimate of drug-likeness (QED) is 0.852. The summed E-state index contributed by atoms with van der Waals surface area (Å²) in [5.41, 5.74) is 0.528. The molecule has 1 atom stereocenters. The molecule has 0 saturated carbocycles. The number of carbonyl (C=O) groups is 1. The number of hydrogen-bond donors (Lipinski definition) is 1. The number of aromatic nitrogens is 3. The van der Waals surface area contributed by atoms with Gasteiger partial charge in [0.15, 0.2) is 0 Å². The van der Waals surface area contributed by atoms with E-state index in [0.29, 0.717) is 6.54 Å². The molecule has 1 aromatic carbocycles. The van der Waals surface area contributed by atoms with Crippen molar-refractivity contribution in [1.82, 2.24) is 24.6 Å². The van der Waals surface area contributed by atoms with Crippen molar-refractivity contribution < 1.29 is 4.79 Å². The Kier molecular flexibility index (Phi) is 6.99. The molecule has 1 saturated heterocycles. The average Bonchev–Trinajstić information content (AvgIpc) is 2.98. The molecule has 26 heavy (non-hydrogen) atoms. The van der Waals surface area contributed by atoms with Gasteiger partial charge in [0.1, 0.15) is 12.4 Å². The summed E-state index contributed by atoms with van der Waals surface area (Å²) in [6.07, 6.45) is 2.04. The molecule has 7 nitrogen and oxygen atoms in total. The molecule has 1 unspecified atom stereocenters. The van der Waals surface area contributed by atoms with Gasteiger partial charge < -0.3 is 10.2 Å². The highest BCUT2D eigenvalue weighted by Gasteiger charge is 2.25. The highest BCUT2D eigenvalue weighted by atomic mass is 35.5. The van der Waals surface area contributed by atoms with Crippen LogP contribution in [-0.4, -0.2) is 51.8 Å². The Labute approximate surface area is 159 Å². The van der Waals surface area contributed by atoms with E-state index in [1.165, 1.54) is 4.68 Å². The highest BCUT2D eigenvalue weighted by Crippen LogP contribution is 2.22. The number of likely N-dealkylation sites (N-methyl/N-ethyl adjacent to an activating group) is 1. The van der Waals surface area contributed by atoms with Crippen LogP contribution in [0.5, 0.6) is 0 Å². The van der Waals surface area contributed by atoms with Crippen LogP contribution in [0.15, 0.2) is 35.1 Å². The van der Waals surface area contributed by atoms with E-state index >= 15 is 0 Å². The molecule has 1 aromatic heterocycles. The number of rotatable bonds is 5. The Morgan fingerprint density at radius 1 is 1.35 bits per heavy atom. The standard InChI is InChI=1S/C18H25N5O2.ClH/c1-3-21(2)16(24)13-22-18(25)23(15-9-5-4-6-10-15)17(20-22)14-8-7-11-19-12-14;/h4-6,9-10,14,19H,3,7-8,11-13H2,1-2H3;1H. The monoisotopic (exact) mass is 379 g/mol. The van der Waals surface area contributed by atoms with Gasteiger partial charge in [0, 0.05) is 26.1 Å². The van der Waals surface area contributed by atoms with Crippen molar-refractivity contribution in [3.63, 3.8) is 0 Å². The molecule has 1 fully saturated rings. The summed E-state index contributed by atoms with van der Waals surface area (Å²) in [4.78, 5) is 26.8. The van der Waals surface area contributed by atoms with Crippen LogP contribution in [0.4, 0.5) is 0 Å². The molecule has 142 valence electrons. The molecule has 0 bridgehead atoms. The maximum Gasteiger partial charge on any atom is 0.351 e. The highest BCUT2D eigenvalue weighted by molar-refractivity contribution is 5.85. The fraction of sp³-hybridized carbons (Fsp3) is 0.500. The number of halogens is 1. The molecule has 1 aliphatic rings. The van der Waals surface area contributed by atoms with Crippen LogP contribution in [0.25, 0.3) is 5.69 Å². The largest absolute Gasteiger partial charge is 0.351 e. The lowest BCUT2D eigenvalue weighted by Gasteiger charge is -2.22. The Balaban J connectivity index is 0.00000243. The van der Waals surface area contributed by atoms with Crippen molar-refractivity contribution in [3.05, 3.63) is 46.6 Å². The van der Waals surface area contributed by atoms with Gasteiger partial charge in [0.05, 0.1) is 5.69 Å². The first-order chi connectivity index (χ1) is 12.1. The predicted octanol–water partition coefficient (Wildman–Crippen LogP) is 1.40. The number of nitrogens with zero attached hydrogens (tertiary/aromatic N) is 4. The van der Waals surface area contributed by atoms with Crippen LogP contribution < -0.4 is 11.0 Å². The van der Waals surface area contributed by atoms with Crippen LogP contribution in [0.1, 0.15) is 31.5 Å². The molecular weight excluding hydrogens is 354 g/mol. The fourth-order valence-electron chi connectivity index (χ4n) is 3.11. The summed E-state index contributed by atoms with van der Waals surface area (Å²) in [6.45, 7) is 4.27. The van der Waals surface area contributed by atoms with Crippen molar-refractivity contribution in [2.45, 2.75) is 32.2 Å². The van der Waals surface area contributed by atoms with Gasteiger partial charge in [-0.2, -0.15) is 5.10 Å². The Hall–Kier alpha value is -2.12. The zero-order valence-corrected chi connectivity index (χ0v) is 16.0. The summed E-state index contributed by atoms with van der Waals surface area (Å²) in [5, 5.41) is 7.92. The lowest BCUT2D eigenvalue weighted by molar-refractivity contribution is -0.130. The minimum Gasteiger partial charge on any atom is -0.344 e. The summed E-state index contributed by atoms with van der Waals surface area (Å²) in [6, 6.07) is 9.51. The zero-order chi connectivity index (χ0) is 17.8. The molecular formula is C18H26ClN5O2. The molecule has 1 N–H and O–H groups in total. The van der Waals surface area contributed by atoms with E-state index < -0.39 is 0 Å². The smallest absolute Gasteiger partial charge is 0.344 e. The van der Waals surface area contributed by atoms with Gasteiger partial charge in [0.25, 0.3) is 0 Å². The second-order valence-electron chi connectivity index (χ2n) is 6.42. The molecule has 0 spiro atoms. The second kappa shape index (κ2) is 9.00. The van der Waals surface area contributed by atoms with Crippen LogP contribution >= 0.6 is 12.4 Å². The molecule has 2 heterocycles. The minimum atomic E-state index is -0.260. The summed E-state index contributed by atoms with van der Waals surface area (Å²) in [7, 11) is 1.73. The van der Waals surface area contributed by atoms with E-state index in [2.05, 4.69) is 10.4 Å². The third kappa shape index (κ3) is 4.16. The average molecular weight is 380 g/mol. The molecule has 0 aliphatic carbocycles. The zero-order valence-electron chi connectivity index (χ0n) is 15.2. The van der Waals surface area contributed by atoms with E-state index in [1.807, 2.05) is 37.3 Å². The van der Waals surface area contributed by atoms with E-state index in [1.54, 1.807) is 16.5 Å². The second-order valence-corrected chi connectivity index (χ2v) is 6.42. The maximum atomic E-state index is 13.0. The van der Waals surface area contributed by atoms with Crippen molar-refractivity contribution >= 4 is 18.3 Å². The number of benzene rings is 1. The summed E-state index contributed by atoms with van der Waals surface area (Å²) in [5.74, 6) is 0.785. The summed E-state index contributed by atoms with van der Waals surface area (Å²) >= 11 is 0. The number of carbonyl (C=O) groups excluding carboxylic acids is 1. The van der Waals surface area contributed by atoms with Gasteiger partial charge in [-0.05, 0) is 38.4 Å². The van der Waals surface area contributed by atoms with Gasteiger partial charge in [-0.3, -0.25) is 4.79 Å². The molecule has 8 heteroatoms. The number of amides is 1. The first kappa shape index (κ1) is 20.2. The predicted molar refractivity (Wildman–Crippen MR) is 103 cm³/mol.